The van der Waals surface area contributed by atoms with Gasteiger partial charge in [0.1, 0.15) is 6.54 Å². The van der Waals surface area contributed by atoms with Gasteiger partial charge in [-0.05, 0) is 6.42 Å². The van der Waals surface area contributed by atoms with Gasteiger partial charge >= 0.3 is 0 Å². The molecule has 0 atom stereocenters. The highest BCUT2D eigenvalue weighted by atomic mass is 16.5. The Labute approximate surface area is 143 Å². The summed E-state index contributed by atoms with van der Waals surface area (Å²) in [6.07, 6.45) is 5.79. The van der Waals surface area contributed by atoms with E-state index in [-0.39, 0.29) is 5.91 Å². The number of hydrogen-bond acceptors (Lipinski definition) is 4. The first kappa shape index (κ1) is 18.3. The number of ether oxygens (including phenoxy) is 1. The molecule has 0 aliphatic carbocycles. The van der Waals surface area contributed by atoms with Gasteiger partial charge in [-0.2, -0.15) is 5.10 Å². The van der Waals surface area contributed by atoms with Crippen molar-refractivity contribution >= 4 is 17.6 Å². The second kappa shape index (κ2) is 9.27. The number of guanidine groups is 1. The molecule has 1 aromatic heterocycles. The molecule has 0 unspecified atom stereocenters. The minimum Gasteiger partial charge on any atom is -0.380 e. The number of hydrogen-bond donors (Lipinski definition) is 1. The van der Waals surface area contributed by atoms with Crippen molar-refractivity contribution in [2.75, 3.05) is 51.3 Å². The summed E-state index contributed by atoms with van der Waals surface area (Å²) >= 11 is 0. The van der Waals surface area contributed by atoms with Crippen LogP contribution in [0.15, 0.2) is 17.4 Å². The number of anilines is 1. The molecule has 0 spiro atoms. The van der Waals surface area contributed by atoms with E-state index in [0.29, 0.717) is 26.2 Å². The molecule has 0 bridgehead atoms. The number of aryl methyl sites for hydroxylation is 1. The maximum atomic E-state index is 12.4. The number of carbonyl (C=O) groups excluding carboxylic acids is 1. The van der Waals surface area contributed by atoms with E-state index in [1.807, 2.05) is 18.1 Å². The van der Waals surface area contributed by atoms with Gasteiger partial charge in [0.25, 0.3) is 0 Å². The lowest BCUT2D eigenvalue weighted by Crippen LogP contribution is -2.55. The zero-order valence-electron chi connectivity index (χ0n) is 14.9. The van der Waals surface area contributed by atoms with Gasteiger partial charge < -0.3 is 19.9 Å². The first-order chi connectivity index (χ1) is 11.7. The fraction of sp³-hybridized carbons (Fsp3) is 0.688. The van der Waals surface area contributed by atoms with Gasteiger partial charge in [-0.25, -0.2) is 0 Å². The van der Waals surface area contributed by atoms with Gasteiger partial charge in [0.2, 0.25) is 5.91 Å². The Morgan fingerprint density at radius 3 is 2.88 bits per heavy atom. The number of nitrogens with one attached hydrogen (secondary N) is 1. The third-order valence-corrected chi connectivity index (χ3v) is 3.91. The van der Waals surface area contributed by atoms with Crippen LogP contribution < -0.4 is 10.2 Å². The van der Waals surface area contributed by atoms with Gasteiger partial charge in [-0.15, -0.1) is 0 Å². The van der Waals surface area contributed by atoms with E-state index in [1.165, 1.54) is 0 Å². The van der Waals surface area contributed by atoms with Crippen LogP contribution in [0, 0.1) is 0 Å². The summed E-state index contributed by atoms with van der Waals surface area (Å²) in [5, 5.41) is 7.39. The van der Waals surface area contributed by atoms with E-state index in [1.54, 1.807) is 22.8 Å². The second-order valence-corrected chi connectivity index (χ2v) is 5.78. The molecule has 134 valence electrons. The van der Waals surface area contributed by atoms with Crippen molar-refractivity contribution in [1.82, 2.24) is 20.0 Å². The minimum absolute atomic E-state index is 0.0522. The van der Waals surface area contributed by atoms with Gasteiger partial charge in [-0.1, -0.05) is 13.3 Å². The number of carbonyl (C=O) groups is 1. The number of unbranched alkanes of at least 4 members (excludes halogenated alkanes) is 1. The topological polar surface area (TPSA) is 75.0 Å². The van der Waals surface area contributed by atoms with Crippen LogP contribution in [0.5, 0.6) is 0 Å². The molecule has 8 nitrogen and oxygen atoms in total. The van der Waals surface area contributed by atoms with Crippen molar-refractivity contribution in [3.05, 3.63) is 12.4 Å². The van der Waals surface area contributed by atoms with Crippen LogP contribution >= 0.6 is 0 Å². The molecule has 0 aromatic carbocycles. The molecule has 1 aliphatic rings. The Kier molecular flexibility index (Phi) is 7.05. The number of piperazine rings is 1. The summed E-state index contributed by atoms with van der Waals surface area (Å²) in [6.45, 7) is 5.93. The molecule has 1 aliphatic heterocycles. The Bertz CT molecular complexity index is 557. The van der Waals surface area contributed by atoms with Crippen molar-refractivity contribution in [2.45, 2.75) is 19.8 Å². The van der Waals surface area contributed by atoms with Crippen LogP contribution in [0.25, 0.3) is 0 Å². The zero-order chi connectivity index (χ0) is 17.4. The Hall–Kier alpha value is -2.09. The molecule has 24 heavy (non-hydrogen) atoms. The average Bonchev–Trinajstić information content (AvgIpc) is 3.00. The van der Waals surface area contributed by atoms with Crippen LogP contribution in [0.1, 0.15) is 19.8 Å². The highest BCUT2D eigenvalue weighted by Gasteiger charge is 2.27. The van der Waals surface area contributed by atoms with E-state index in [2.05, 4.69) is 22.3 Å². The number of aliphatic imine (C=N–C) groups is 1. The van der Waals surface area contributed by atoms with Crippen LogP contribution in [0.4, 0.5) is 5.69 Å². The molecule has 1 aromatic rings. The van der Waals surface area contributed by atoms with Crippen molar-refractivity contribution < 1.29 is 9.53 Å². The van der Waals surface area contributed by atoms with E-state index < -0.39 is 0 Å². The average molecular weight is 336 g/mol. The third kappa shape index (κ3) is 4.95. The highest BCUT2D eigenvalue weighted by Crippen LogP contribution is 2.15. The second-order valence-electron chi connectivity index (χ2n) is 5.78. The minimum atomic E-state index is 0.0522. The molecule has 0 radical (unpaired) electrons. The number of amides is 1. The Morgan fingerprint density at radius 1 is 1.42 bits per heavy atom. The Balaban J connectivity index is 1.79. The number of rotatable bonds is 7. The molecule has 2 heterocycles. The largest absolute Gasteiger partial charge is 0.380 e. The zero-order valence-corrected chi connectivity index (χ0v) is 14.9. The maximum Gasteiger partial charge on any atom is 0.246 e. The number of nitrogens with zero attached hydrogens (tertiary/aromatic N) is 5. The van der Waals surface area contributed by atoms with E-state index in [0.717, 1.165) is 37.6 Å². The Morgan fingerprint density at radius 2 is 2.25 bits per heavy atom. The molecule has 1 fully saturated rings. The van der Waals surface area contributed by atoms with E-state index in [4.69, 9.17) is 4.74 Å². The van der Waals surface area contributed by atoms with E-state index >= 15 is 0 Å². The highest BCUT2D eigenvalue weighted by molar-refractivity contribution is 5.98. The van der Waals surface area contributed by atoms with Crippen molar-refractivity contribution in [3.8, 4) is 0 Å². The summed E-state index contributed by atoms with van der Waals surface area (Å²) in [6, 6.07) is 0. The molecular formula is C16H28N6O2. The number of aromatic nitrogens is 2. The fourth-order valence-corrected chi connectivity index (χ4v) is 2.59. The van der Waals surface area contributed by atoms with Crippen LogP contribution in [0.3, 0.4) is 0 Å². The van der Waals surface area contributed by atoms with Gasteiger partial charge in [0, 0.05) is 46.5 Å². The SMILES string of the molecule is CCCCOCCNC(=NC)N1CCN(c2cnn(C)c2)C(=O)C1. The molecular weight excluding hydrogens is 308 g/mol. The summed E-state index contributed by atoms with van der Waals surface area (Å²) < 4.78 is 7.24. The quantitative estimate of drug-likeness (QED) is 0.445. The molecule has 8 heteroatoms. The monoisotopic (exact) mass is 336 g/mol. The third-order valence-electron chi connectivity index (χ3n) is 3.91. The van der Waals surface area contributed by atoms with Crippen LogP contribution in [0.2, 0.25) is 0 Å². The lowest BCUT2D eigenvalue weighted by molar-refractivity contribution is -0.120. The van der Waals surface area contributed by atoms with Gasteiger partial charge in [0.15, 0.2) is 5.96 Å². The molecule has 0 saturated carbocycles. The predicted octanol–water partition coefficient (Wildman–Crippen LogP) is 0.461. The van der Waals surface area contributed by atoms with Crippen LogP contribution in [-0.4, -0.2) is 73.0 Å². The molecule has 2 rings (SSSR count). The fourth-order valence-electron chi connectivity index (χ4n) is 2.59. The van der Waals surface area contributed by atoms with Crippen molar-refractivity contribution in [3.63, 3.8) is 0 Å². The standard InChI is InChI=1S/C16H28N6O2/c1-4-5-9-24-10-6-18-16(17-2)21-7-8-22(15(23)13-21)14-11-19-20(3)12-14/h11-12H,4-10,13H2,1-3H3,(H,17,18). The van der Waals surface area contributed by atoms with Gasteiger partial charge in [-0.3, -0.25) is 14.5 Å². The first-order valence-electron chi connectivity index (χ1n) is 8.48. The molecule has 1 saturated heterocycles. The summed E-state index contributed by atoms with van der Waals surface area (Å²) in [5.74, 6) is 0.796. The van der Waals surface area contributed by atoms with E-state index in [9.17, 15) is 4.79 Å². The van der Waals surface area contributed by atoms with Crippen molar-refractivity contribution in [1.29, 1.82) is 0 Å². The lowest BCUT2D eigenvalue weighted by atomic mass is 10.3. The molecule has 1 N–H and O–H groups in total. The van der Waals surface area contributed by atoms with Crippen LogP contribution in [-0.2, 0) is 16.6 Å². The summed E-state index contributed by atoms with van der Waals surface area (Å²) in [5.41, 5.74) is 0.842. The first-order valence-corrected chi connectivity index (χ1v) is 8.48. The maximum absolute atomic E-state index is 12.4. The normalized spacial score (nSPS) is 16.0. The predicted molar refractivity (Wildman–Crippen MR) is 94.2 cm³/mol. The molecule has 1 amide bonds. The lowest BCUT2D eigenvalue weighted by Gasteiger charge is -2.35. The van der Waals surface area contributed by atoms with Crippen molar-refractivity contribution in [2.24, 2.45) is 12.0 Å². The van der Waals surface area contributed by atoms with Gasteiger partial charge in [0.05, 0.1) is 18.5 Å². The summed E-state index contributed by atoms with van der Waals surface area (Å²) in [4.78, 5) is 20.4. The summed E-state index contributed by atoms with van der Waals surface area (Å²) in [7, 11) is 3.58. The smallest absolute Gasteiger partial charge is 0.246 e.